The largest absolute Gasteiger partial charge is 0.481 e. The van der Waals surface area contributed by atoms with Crippen molar-refractivity contribution in [1.29, 1.82) is 0 Å². The summed E-state index contributed by atoms with van der Waals surface area (Å²) < 4.78 is 21.7. The summed E-state index contributed by atoms with van der Waals surface area (Å²) in [6, 6.07) is 0. The Morgan fingerprint density at radius 2 is 1.73 bits per heavy atom. The molecule has 0 aromatic heterocycles. The van der Waals surface area contributed by atoms with Gasteiger partial charge in [-0.05, 0) is 11.8 Å². The van der Waals surface area contributed by atoms with Crippen LogP contribution in [0.4, 0.5) is 0 Å². The van der Waals surface area contributed by atoms with Gasteiger partial charge in [-0.15, -0.1) is 0 Å². The van der Waals surface area contributed by atoms with E-state index >= 15 is 0 Å². The Kier molecular flexibility index (Phi) is 1.14. The molecule has 0 spiro atoms. The van der Waals surface area contributed by atoms with Crippen LogP contribution in [0.1, 0.15) is 0 Å². The average molecular weight is 176 g/mol. The Labute approximate surface area is 64.1 Å². The predicted octanol–water partition coefficient (Wildman–Crippen LogP) is -0.638. The van der Waals surface area contributed by atoms with Gasteiger partial charge < -0.3 is 5.11 Å². The highest BCUT2D eigenvalue weighted by Gasteiger charge is 2.62. The molecule has 0 radical (unpaired) electrons. The quantitative estimate of drug-likeness (QED) is 0.577. The zero-order valence-electron chi connectivity index (χ0n) is 5.73. The van der Waals surface area contributed by atoms with E-state index in [1.807, 2.05) is 0 Å². The Bertz CT molecular complexity index is 287. The van der Waals surface area contributed by atoms with Crippen LogP contribution in [0, 0.1) is 17.8 Å². The van der Waals surface area contributed by atoms with Crippen LogP contribution in [-0.2, 0) is 14.6 Å². The van der Waals surface area contributed by atoms with Gasteiger partial charge in [0.15, 0.2) is 9.84 Å². The highest BCUT2D eigenvalue weighted by atomic mass is 32.2. The Morgan fingerprint density at radius 3 is 2.09 bits per heavy atom. The monoisotopic (exact) mass is 176 g/mol. The van der Waals surface area contributed by atoms with E-state index in [4.69, 9.17) is 5.11 Å². The minimum absolute atomic E-state index is 0.0718. The van der Waals surface area contributed by atoms with E-state index in [2.05, 4.69) is 0 Å². The van der Waals surface area contributed by atoms with E-state index in [9.17, 15) is 13.2 Å². The third kappa shape index (κ3) is 0.946. The third-order valence-corrected chi connectivity index (χ3v) is 4.30. The van der Waals surface area contributed by atoms with Crippen molar-refractivity contribution < 1.29 is 18.3 Å². The predicted molar refractivity (Wildman–Crippen MR) is 36.8 cm³/mol. The number of rotatable bonds is 1. The van der Waals surface area contributed by atoms with Gasteiger partial charge in [0, 0.05) is 0 Å². The molecule has 0 aromatic carbocycles. The summed E-state index contributed by atoms with van der Waals surface area (Å²) >= 11 is 0. The van der Waals surface area contributed by atoms with Gasteiger partial charge in [0.05, 0.1) is 17.4 Å². The fourth-order valence-corrected chi connectivity index (χ4v) is 4.14. The SMILES string of the molecule is O=C(O)[C@H]1[C@@H]2CS(=O)(=O)C[C@@H]21. The van der Waals surface area contributed by atoms with E-state index < -0.39 is 15.8 Å². The maximum absolute atomic E-state index is 10.8. The molecule has 2 fully saturated rings. The van der Waals surface area contributed by atoms with Gasteiger partial charge in [-0.2, -0.15) is 0 Å². The maximum atomic E-state index is 10.8. The second kappa shape index (κ2) is 1.77. The zero-order chi connectivity index (χ0) is 8.22. The van der Waals surface area contributed by atoms with E-state index in [0.717, 1.165) is 0 Å². The minimum Gasteiger partial charge on any atom is -0.481 e. The van der Waals surface area contributed by atoms with Crippen LogP contribution in [0.25, 0.3) is 0 Å². The number of hydrogen-bond acceptors (Lipinski definition) is 3. The standard InChI is InChI=1S/C6H8O4S/c7-6(8)5-3-1-11(9,10)2-4(3)5/h3-5H,1-2H2,(H,7,8)/t3-,4+,5+. The summed E-state index contributed by atoms with van der Waals surface area (Å²) in [7, 11) is -2.88. The molecule has 1 N–H and O–H groups in total. The van der Waals surface area contributed by atoms with Crippen molar-refractivity contribution in [2.75, 3.05) is 11.5 Å². The molecule has 3 atom stereocenters. The van der Waals surface area contributed by atoms with Crippen LogP contribution in [-0.4, -0.2) is 31.0 Å². The highest BCUT2D eigenvalue weighted by molar-refractivity contribution is 7.91. The van der Waals surface area contributed by atoms with Gasteiger partial charge in [-0.3, -0.25) is 4.79 Å². The molecule has 2 rings (SSSR count). The molecule has 0 amide bonds. The van der Waals surface area contributed by atoms with Crippen molar-refractivity contribution in [3.8, 4) is 0 Å². The normalized spacial score (nSPS) is 44.9. The summed E-state index contributed by atoms with van der Waals surface area (Å²) in [5, 5.41) is 8.53. The lowest BCUT2D eigenvalue weighted by Gasteiger charge is -1.97. The van der Waals surface area contributed by atoms with Crippen molar-refractivity contribution in [2.45, 2.75) is 0 Å². The molecular weight excluding hydrogens is 168 g/mol. The van der Waals surface area contributed by atoms with Crippen molar-refractivity contribution in [3.05, 3.63) is 0 Å². The average Bonchev–Trinajstić information content (AvgIpc) is 2.31. The number of sulfone groups is 1. The Balaban J connectivity index is 2.12. The molecule has 5 heteroatoms. The second-order valence-electron chi connectivity index (χ2n) is 3.27. The molecule has 1 aliphatic heterocycles. The van der Waals surface area contributed by atoms with Crippen molar-refractivity contribution in [1.82, 2.24) is 0 Å². The fraction of sp³-hybridized carbons (Fsp3) is 0.833. The van der Waals surface area contributed by atoms with Crippen molar-refractivity contribution in [2.24, 2.45) is 17.8 Å². The van der Waals surface area contributed by atoms with Crippen LogP contribution in [0.15, 0.2) is 0 Å². The van der Waals surface area contributed by atoms with Crippen LogP contribution in [0.2, 0.25) is 0 Å². The van der Waals surface area contributed by atoms with Crippen molar-refractivity contribution >= 4 is 15.8 Å². The molecule has 1 saturated heterocycles. The summed E-state index contributed by atoms with van der Waals surface area (Å²) in [6.45, 7) is 0. The smallest absolute Gasteiger partial charge is 0.307 e. The highest BCUT2D eigenvalue weighted by Crippen LogP contribution is 2.52. The molecule has 0 unspecified atom stereocenters. The Hall–Kier alpha value is -0.580. The number of carboxylic acid groups (broad SMARTS) is 1. The van der Waals surface area contributed by atoms with Gasteiger partial charge in [-0.1, -0.05) is 0 Å². The lowest BCUT2D eigenvalue weighted by molar-refractivity contribution is -0.139. The minimum atomic E-state index is -2.88. The first-order chi connectivity index (χ1) is 5.01. The zero-order valence-corrected chi connectivity index (χ0v) is 6.54. The lowest BCUT2D eigenvalue weighted by atomic mass is 10.3. The Morgan fingerprint density at radius 1 is 1.27 bits per heavy atom. The van der Waals surface area contributed by atoms with Gasteiger partial charge in [0.25, 0.3) is 0 Å². The molecule has 4 nitrogen and oxygen atoms in total. The molecule has 0 bridgehead atoms. The summed E-state index contributed by atoms with van der Waals surface area (Å²) in [5.41, 5.74) is 0. The van der Waals surface area contributed by atoms with Gasteiger partial charge >= 0.3 is 5.97 Å². The van der Waals surface area contributed by atoms with Gasteiger partial charge in [-0.25, -0.2) is 8.42 Å². The first-order valence-corrected chi connectivity index (χ1v) is 5.26. The van der Waals surface area contributed by atoms with E-state index in [0.29, 0.717) is 0 Å². The number of fused-ring (bicyclic) bond motifs is 1. The first-order valence-electron chi connectivity index (χ1n) is 3.44. The summed E-state index contributed by atoms with van der Waals surface area (Å²) in [6.07, 6.45) is 0. The number of aliphatic carboxylic acids is 1. The molecular formula is C6H8O4S. The molecule has 1 saturated carbocycles. The molecule has 2 aliphatic rings. The van der Waals surface area contributed by atoms with Crippen LogP contribution >= 0.6 is 0 Å². The second-order valence-corrected chi connectivity index (χ2v) is 5.42. The van der Waals surface area contributed by atoms with Crippen molar-refractivity contribution in [3.63, 3.8) is 0 Å². The maximum Gasteiger partial charge on any atom is 0.307 e. The van der Waals surface area contributed by atoms with E-state index in [1.54, 1.807) is 0 Å². The molecule has 1 heterocycles. The van der Waals surface area contributed by atoms with Crippen LogP contribution in [0.5, 0.6) is 0 Å². The van der Waals surface area contributed by atoms with Crippen LogP contribution in [0.3, 0.4) is 0 Å². The summed E-state index contributed by atoms with van der Waals surface area (Å²) in [4.78, 5) is 10.4. The molecule has 11 heavy (non-hydrogen) atoms. The molecule has 62 valence electrons. The fourth-order valence-electron chi connectivity index (χ4n) is 1.92. The molecule has 0 aromatic rings. The van der Waals surface area contributed by atoms with Gasteiger partial charge in [0.2, 0.25) is 0 Å². The summed E-state index contributed by atoms with van der Waals surface area (Å²) in [5.74, 6) is -1.16. The topological polar surface area (TPSA) is 71.4 Å². The van der Waals surface area contributed by atoms with E-state index in [-0.39, 0.29) is 29.3 Å². The number of carboxylic acids is 1. The van der Waals surface area contributed by atoms with Crippen LogP contribution < -0.4 is 0 Å². The lowest BCUT2D eigenvalue weighted by Crippen LogP contribution is -2.14. The number of carbonyl (C=O) groups is 1. The first kappa shape index (κ1) is 7.09. The third-order valence-electron chi connectivity index (χ3n) is 2.51. The van der Waals surface area contributed by atoms with E-state index in [1.165, 1.54) is 0 Å². The molecule has 1 aliphatic carbocycles. The van der Waals surface area contributed by atoms with Gasteiger partial charge in [0.1, 0.15) is 0 Å². The number of hydrogen-bond donors (Lipinski definition) is 1.